The van der Waals surface area contributed by atoms with Crippen LogP contribution in [-0.4, -0.2) is 27.4 Å². The molecule has 0 spiro atoms. The third kappa shape index (κ3) is 5.13. The highest BCUT2D eigenvalue weighted by molar-refractivity contribution is 7.99. The minimum absolute atomic E-state index is 0.197. The zero-order valence-electron chi connectivity index (χ0n) is 17.1. The van der Waals surface area contributed by atoms with E-state index < -0.39 is 0 Å². The van der Waals surface area contributed by atoms with Crippen LogP contribution in [0.4, 0.5) is 0 Å². The number of imidazole rings is 1. The Hall–Kier alpha value is -3.58. The number of ether oxygens (including phenoxy) is 1. The van der Waals surface area contributed by atoms with Crippen molar-refractivity contribution in [2.75, 3.05) is 5.75 Å². The number of thioether (sulfide) groups is 1. The molecule has 0 unspecified atom stereocenters. The molecular formula is C24H22N4O2S. The molecule has 0 radical (unpaired) electrons. The standard InChI is InChI=1S/C24H22N4O2S/c1-2-28-21-14-8-7-13-20(21)26-24(28)31-17-23(29)27-25-16-18-10-6-9-15-22(18)30-19-11-4-3-5-12-19/h3-16H,2,17H2,1H3,(H,27,29)/b25-16+. The summed E-state index contributed by atoms with van der Waals surface area (Å²) in [7, 11) is 0. The first-order chi connectivity index (χ1) is 15.2. The molecule has 1 N–H and O–H groups in total. The molecule has 4 rings (SSSR count). The fraction of sp³-hybridized carbons (Fsp3) is 0.125. The fourth-order valence-electron chi connectivity index (χ4n) is 3.10. The first-order valence-corrected chi connectivity index (χ1v) is 10.9. The van der Waals surface area contributed by atoms with E-state index in [1.54, 1.807) is 6.21 Å². The largest absolute Gasteiger partial charge is 0.457 e. The van der Waals surface area contributed by atoms with Crippen LogP contribution in [0.3, 0.4) is 0 Å². The van der Waals surface area contributed by atoms with E-state index in [1.165, 1.54) is 11.8 Å². The number of benzene rings is 3. The van der Waals surface area contributed by atoms with Crippen LogP contribution < -0.4 is 10.2 Å². The Balaban J connectivity index is 1.36. The number of aromatic nitrogens is 2. The van der Waals surface area contributed by atoms with Crippen LogP contribution in [0, 0.1) is 0 Å². The average molecular weight is 431 g/mol. The molecule has 4 aromatic rings. The average Bonchev–Trinajstić information content (AvgIpc) is 3.17. The highest BCUT2D eigenvalue weighted by atomic mass is 32.2. The van der Waals surface area contributed by atoms with Gasteiger partial charge in [-0.3, -0.25) is 4.79 Å². The Morgan fingerprint density at radius 3 is 2.65 bits per heavy atom. The van der Waals surface area contributed by atoms with Crippen molar-refractivity contribution in [3.63, 3.8) is 0 Å². The number of fused-ring (bicyclic) bond motifs is 1. The number of nitrogens with zero attached hydrogens (tertiary/aromatic N) is 3. The molecule has 0 aliphatic heterocycles. The first kappa shape index (κ1) is 20.7. The number of amides is 1. The summed E-state index contributed by atoms with van der Waals surface area (Å²) >= 11 is 1.40. The summed E-state index contributed by atoms with van der Waals surface area (Å²) in [4.78, 5) is 16.9. The fourth-order valence-corrected chi connectivity index (χ4v) is 3.97. The minimum Gasteiger partial charge on any atom is -0.457 e. The van der Waals surface area contributed by atoms with Gasteiger partial charge in [0.2, 0.25) is 0 Å². The minimum atomic E-state index is -0.197. The van der Waals surface area contributed by atoms with Gasteiger partial charge >= 0.3 is 0 Å². The second-order valence-electron chi connectivity index (χ2n) is 6.66. The zero-order valence-corrected chi connectivity index (χ0v) is 17.9. The maximum Gasteiger partial charge on any atom is 0.250 e. The molecule has 0 saturated carbocycles. The summed E-state index contributed by atoms with van der Waals surface area (Å²) < 4.78 is 8.01. The Morgan fingerprint density at radius 1 is 1.06 bits per heavy atom. The van der Waals surface area contributed by atoms with Gasteiger partial charge < -0.3 is 9.30 Å². The van der Waals surface area contributed by atoms with E-state index in [2.05, 4.69) is 27.0 Å². The van der Waals surface area contributed by atoms with Crippen LogP contribution >= 0.6 is 11.8 Å². The number of para-hydroxylation sites is 4. The van der Waals surface area contributed by atoms with Crippen molar-refractivity contribution in [2.24, 2.45) is 5.10 Å². The second kappa shape index (κ2) is 9.95. The van der Waals surface area contributed by atoms with Gasteiger partial charge in [-0.25, -0.2) is 10.4 Å². The van der Waals surface area contributed by atoms with Crippen LogP contribution in [0.5, 0.6) is 11.5 Å². The van der Waals surface area contributed by atoms with E-state index in [0.717, 1.165) is 34.0 Å². The molecule has 0 aliphatic rings. The van der Waals surface area contributed by atoms with Crippen LogP contribution in [0.15, 0.2) is 89.1 Å². The predicted molar refractivity (Wildman–Crippen MR) is 125 cm³/mol. The van der Waals surface area contributed by atoms with Gasteiger partial charge in [-0.05, 0) is 43.3 Å². The van der Waals surface area contributed by atoms with E-state index in [4.69, 9.17) is 4.74 Å². The first-order valence-electron chi connectivity index (χ1n) is 9.96. The van der Waals surface area contributed by atoms with Crippen molar-refractivity contribution < 1.29 is 9.53 Å². The second-order valence-corrected chi connectivity index (χ2v) is 7.60. The Labute approximate surface area is 185 Å². The third-order valence-corrected chi connectivity index (χ3v) is 5.53. The van der Waals surface area contributed by atoms with Crippen LogP contribution in [-0.2, 0) is 11.3 Å². The van der Waals surface area contributed by atoms with Crippen LogP contribution in [0.25, 0.3) is 11.0 Å². The SMILES string of the molecule is CCn1c(SCC(=O)N/N=C/c2ccccc2Oc2ccccc2)nc2ccccc21. The van der Waals surface area contributed by atoms with E-state index in [0.29, 0.717) is 5.75 Å². The molecule has 6 nitrogen and oxygen atoms in total. The summed E-state index contributed by atoms with van der Waals surface area (Å²) in [5.74, 6) is 1.43. The molecular weight excluding hydrogens is 408 g/mol. The number of hydrogen-bond donors (Lipinski definition) is 1. The molecule has 156 valence electrons. The summed E-state index contributed by atoms with van der Waals surface area (Å²) in [6, 6.07) is 25.0. The molecule has 1 aromatic heterocycles. The lowest BCUT2D eigenvalue weighted by Gasteiger charge is -2.08. The normalized spacial score (nSPS) is 11.1. The number of carbonyl (C=O) groups excluding carboxylic acids is 1. The van der Waals surface area contributed by atoms with Crippen LogP contribution in [0.1, 0.15) is 12.5 Å². The molecule has 0 bridgehead atoms. The Kier molecular flexibility index (Phi) is 6.64. The molecule has 0 saturated heterocycles. The number of aryl methyl sites for hydroxylation is 1. The van der Waals surface area contributed by atoms with Crippen molar-refractivity contribution in [1.29, 1.82) is 0 Å². The van der Waals surface area contributed by atoms with Gasteiger partial charge in [-0.2, -0.15) is 5.10 Å². The molecule has 1 amide bonds. The summed E-state index contributed by atoms with van der Waals surface area (Å²) in [5, 5.41) is 4.92. The van der Waals surface area contributed by atoms with Crippen molar-refractivity contribution in [2.45, 2.75) is 18.6 Å². The van der Waals surface area contributed by atoms with Crippen molar-refractivity contribution >= 4 is 34.9 Å². The van der Waals surface area contributed by atoms with Gasteiger partial charge in [0.25, 0.3) is 5.91 Å². The van der Waals surface area contributed by atoms with Gasteiger partial charge in [-0.15, -0.1) is 0 Å². The maximum absolute atomic E-state index is 12.3. The Morgan fingerprint density at radius 2 is 1.81 bits per heavy atom. The molecule has 3 aromatic carbocycles. The van der Waals surface area contributed by atoms with Crippen molar-refractivity contribution in [3.05, 3.63) is 84.4 Å². The smallest absolute Gasteiger partial charge is 0.250 e. The van der Waals surface area contributed by atoms with E-state index in [1.807, 2.05) is 78.9 Å². The summed E-state index contributed by atoms with van der Waals surface area (Å²) in [5.41, 5.74) is 5.35. The monoisotopic (exact) mass is 430 g/mol. The van der Waals surface area contributed by atoms with Gasteiger partial charge in [0.05, 0.1) is 23.0 Å². The lowest BCUT2D eigenvalue weighted by atomic mass is 10.2. The van der Waals surface area contributed by atoms with Gasteiger partial charge in [-0.1, -0.05) is 54.2 Å². The van der Waals surface area contributed by atoms with E-state index >= 15 is 0 Å². The molecule has 1 heterocycles. The zero-order chi connectivity index (χ0) is 21.5. The molecule has 7 heteroatoms. The topological polar surface area (TPSA) is 68.5 Å². The van der Waals surface area contributed by atoms with E-state index in [9.17, 15) is 4.79 Å². The summed E-state index contributed by atoms with van der Waals surface area (Å²) in [6.07, 6.45) is 1.59. The lowest BCUT2D eigenvalue weighted by molar-refractivity contribution is -0.118. The highest BCUT2D eigenvalue weighted by Crippen LogP contribution is 2.25. The molecule has 0 aliphatic carbocycles. The predicted octanol–water partition coefficient (Wildman–Crippen LogP) is 5.09. The number of carbonyl (C=O) groups is 1. The quantitative estimate of drug-likeness (QED) is 0.240. The van der Waals surface area contributed by atoms with Gasteiger partial charge in [0, 0.05) is 12.1 Å². The van der Waals surface area contributed by atoms with Gasteiger partial charge in [0.1, 0.15) is 11.5 Å². The maximum atomic E-state index is 12.3. The molecule has 0 fully saturated rings. The number of hydrogen-bond acceptors (Lipinski definition) is 5. The van der Waals surface area contributed by atoms with E-state index in [-0.39, 0.29) is 11.7 Å². The molecule has 31 heavy (non-hydrogen) atoms. The van der Waals surface area contributed by atoms with Crippen molar-refractivity contribution in [1.82, 2.24) is 15.0 Å². The number of nitrogens with one attached hydrogen (secondary N) is 1. The lowest BCUT2D eigenvalue weighted by Crippen LogP contribution is -2.20. The summed E-state index contributed by atoms with van der Waals surface area (Å²) in [6.45, 7) is 2.86. The molecule has 0 atom stereocenters. The third-order valence-electron chi connectivity index (χ3n) is 4.55. The van der Waals surface area contributed by atoms with Crippen LogP contribution in [0.2, 0.25) is 0 Å². The Bertz CT molecular complexity index is 1200. The highest BCUT2D eigenvalue weighted by Gasteiger charge is 2.11. The number of hydrazone groups is 1. The van der Waals surface area contributed by atoms with Gasteiger partial charge in [0.15, 0.2) is 5.16 Å². The number of rotatable bonds is 8. The van der Waals surface area contributed by atoms with Crippen molar-refractivity contribution in [3.8, 4) is 11.5 Å².